The highest BCUT2D eigenvalue weighted by atomic mass is 16.4. The molecule has 0 saturated carbocycles. The van der Waals surface area contributed by atoms with Crippen LogP contribution in [-0.2, 0) is 9.59 Å². The first-order chi connectivity index (χ1) is 8.66. The van der Waals surface area contributed by atoms with Crippen molar-refractivity contribution in [2.75, 3.05) is 11.4 Å². The van der Waals surface area contributed by atoms with E-state index < -0.39 is 5.97 Å². The SMILES string of the molecule is O=C(O)/C=C/c1cccc(N2CCCCC2=O)c1. The number of hydrogen-bond donors (Lipinski definition) is 1. The Balaban J connectivity index is 2.21. The first kappa shape index (κ1) is 12.4. The zero-order valence-electron chi connectivity index (χ0n) is 10.0. The average molecular weight is 245 g/mol. The number of hydrogen-bond acceptors (Lipinski definition) is 2. The van der Waals surface area contributed by atoms with Crippen LogP contribution in [0.4, 0.5) is 5.69 Å². The number of piperidine rings is 1. The Labute approximate surface area is 106 Å². The van der Waals surface area contributed by atoms with Crippen molar-refractivity contribution in [3.8, 4) is 0 Å². The monoisotopic (exact) mass is 245 g/mol. The van der Waals surface area contributed by atoms with Crippen molar-refractivity contribution < 1.29 is 14.7 Å². The fourth-order valence-electron chi connectivity index (χ4n) is 2.04. The minimum absolute atomic E-state index is 0.139. The van der Waals surface area contributed by atoms with Gasteiger partial charge in [0.25, 0.3) is 0 Å². The maximum atomic E-state index is 11.8. The molecule has 0 bridgehead atoms. The number of aliphatic carboxylic acids is 1. The Morgan fingerprint density at radius 2 is 2.17 bits per heavy atom. The summed E-state index contributed by atoms with van der Waals surface area (Å²) < 4.78 is 0. The fourth-order valence-corrected chi connectivity index (χ4v) is 2.04. The summed E-state index contributed by atoms with van der Waals surface area (Å²) in [5, 5.41) is 8.58. The van der Waals surface area contributed by atoms with E-state index in [0.717, 1.165) is 36.7 Å². The first-order valence-electron chi connectivity index (χ1n) is 5.98. The number of benzene rings is 1. The second kappa shape index (κ2) is 5.49. The van der Waals surface area contributed by atoms with Gasteiger partial charge in [-0.2, -0.15) is 0 Å². The van der Waals surface area contributed by atoms with Crippen molar-refractivity contribution in [1.82, 2.24) is 0 Å². The first-order valence-corrected chi connectivity index (χ1v) is 5.98. The quantitative estimate of drug-likeness (QED) is 0.831. The second-order valence-corrected chi connectivity index (χ2v) is 4.27. The largest absolute Gasteiger partial charge is 0.478 e. The third kappa shape index (κ3) is 2.97. The molecular weight excluding hydrogens is 230 g/mol. The van der Waals surface area contributed by atoms with Gasteiger partial charge in [0.15, 0.2) is 0 Å². The lowest BCUT2D eigenvalue weighted by Crippen LogP contribution is -2.35. The van der Waals surface area contributed by atoms with Gasteiger partial charge in [-0.3, -0.25) is 4.79 Å². The number of amides is 1. The van der Waals surface area contributed by atoms with E-state index in [4.69, 9.17) is 5.11 Å². The number of carbonyl (C=O) groups excluding carboxylic acids is 1. The van der Waals surface area contributed by atoms with Crippen molar-refractivity contribution in [3.63, 3.8) is 0 Å². The van der Waals surface area contributed by atoms with Gasteiger partial charge in [-0.05, 0) is 36.6 Å². The Morgan fingerprint density at radius 3 is 2.89 bits per heavy atom. The van der Waals surface area contributed by atoms with Crippen LogP contribution in [0.25, 0.3) is 6.08 Å². The van der Waals surface area contributed by atoms with E-state index in [9.17, 15) is 9.59 Å². The van der Waals surface area contributed by atoms with Gasteiger partial charge in [-0.25, -0.2) is 4.79 Å². The van der Waals surface area contributed by atoms with E-state index in [2.05, 4.69) is 0 Å². The van der Waals surface area contributed by atoms with Crippen molar-refractivity contribution in [3.05, 3.63) is 35.9 Å². The standard InChI is InChI=1S/C14H15NO3/c16-13-6-1-2-9-15(13)12-5-3-4-11(10-12)7-8-14(17)18/h3-5,7-8,10H,1-2,6,9H2,(H,17,18)/b8-7+. The second-order valence-electron chi connectivity index (χ2n) is 4.27. The molecule has 0 spiro atoms. The predicted molar refractivity (Wildman–Crippen MR) is 69.3 cm³/mol. The van der Waals surface area contributed by atoms with Crippen LogP contribution in [0.2, 0.25) is 0 Å². The molecule has 1 aromatic rings. The van der Waals surface area contributed by atoms with Gasteiger partial charge < -0.3 is 10.0 Å². The van der Waals surface area contributed by atoms with Crippen molar-refractivity contribution in [2.24, 2.45) is 0 Å². The molecule has 0 aliphatic carbocycles. The summed E-state index contributed by atoms with van der Waals surface area (Å²) in [5.74, 6) is -0.838. The summed E-state index contributed by atoms with van der Waals surface area (Å²) in [6.45, 7) is 0.741. The lowest BCUT2D eigenvalue weighted by Gasteiger charge is -2.27. The molecule has 1 aliphatic rings. The summed E-state index contributed by atoms with van der Waals surface area (Å²) in [7, 11) is 0. The van der Waals surface area contributed by atoms with E-state index in [1.54, 1.807) is 4.90 Å². The number of rotatable bonds is 3. The molecule has 1 aliphatic heterocycles. The van der Waals surface area contributed by atoms with Crippen LogP contribution in [0.15, 0.2) is 30.3 Å². The number of carbonyl (C=O) groups is 2. The van der Waals surface area contributed by atoms with Gasteiger partial charge in [0.05, 0.1) is 0 Å². The van der Waals surface area contributed by atoms with Crippen LogP contribution in [-0.4, -0.2) is 23.5 Å². The van der Waals surface area contributed by atoms with Gasteiger partial charge in [-0.15, -0.1) is 0 Å². The molecule has 18 heavy (non-hydrogen) atoms. The molecule has 0 aromatic heterocycles. The lowest BCUT2D eigenvalue weighted by molar-refractivity contribution is -0.131. The van der Waals surface area contributed by atoms with Gasteiger partial charge in [0.2, 0.25) is 5.91 Å². The highest BCUT2D eigenvalue weighted by molar-refractivity contribution is 5.94. The van der Waals surface area contributed by atoms with Crippen LogP contribution in [0.1, 0.15) is 24.8 Å². The normalized spacial score (nSPS) is 16.2. The molecule has 4 heteroatoms. The van der Waals surface area contributed by atoms with Crippen LogP contribution in [0.3, 0.4) is 0 Å². The zero-order chi connectivity index (χ0) is 13.0. The van der Waals surface area contributed by atoms with Crippen LogP contribution < -0.4 is 4.90 Å². The van der Waals surface area contributed by atoms with Gasteiger partial charge in [0, 0.05) is 24.7 Å². The minimum atomic E-state index is -0.977. The van der Waals surface area contributed by atoms with E-state index in [-0.39, 0.29) is 5.91 Å². The molecule has 1 saturated heterocycles. The van der Waals surface area contributed by atoms with Gasteiger partial charge >= 0.3 is 5.97 Å². The number of anilines is 1. The lowest BCUT2D eigenvalue weighted by atomic mass is 10.1. The number of nitrogens with zero attached hydrogens (tertiary/aromatic N) is 1. The Kier molecular flexibility index (Phi) is 3.77. The van der Waals surface area contributed by atoms with Crippen LogP contribution in [0.5, 0.6) is 0 Å². The predicted octanol–water partition coefficient (Wildman–Crippen LogP) is 2.30. The molecular formula is C14H15NO3. The molecule has 1 aromatic carbocycles. The minimum Gasteiger partial charge on any atom is -0.478 e. The zero-order valence-corrected chi connectivity index (χ0v) is 10.0. The maximum absolute atomic E-state index is 11.8. The Bertz CT molecular complexity index is 494. The molecule has 0 radical (unpaired) electrons. The highest BCUT2D eigenvalue weighted by Crippen LogP contribution is 2.22. The van der Waals surface area contributed by atoms with E-state index in [0.29, 0.717) is 6.42 Å². The van der Waals surface area contributed by atoms with Crippen molar-refractivity contribution >= 4 is 23.6 Å². The smallest absolute Gasteiger partial charge is 0.328 e. The topological polar surface area (TPSA) is 57.6 Å². The summed E-state index contributed by atoms with van der Waals surface area (Å²) >= 11 is 0. The fraction of sp³-hybridized carbons (Fsp3) is 0.286. The molecule has 1 fully saturated rings. The summed E-state index contributed by atoms with van der Waals surface area (Å²) in [4.78, 5) is 24.0. The molecule has 0 atom stereocenters. The molecule has 4 nitrogen and oxygen atoms in total. The van der Waals surface area contributed by atoms with Gasteiger partial charge in [-0.1, -0.05) is 12.1 Å². The van der Waals surface area contributed by atoms with Crippen LogP contribution in [0, 0.1) is 0 Å². The Hall–Kier alpha value is -2.10. The van der Waals surface area contributed by atoms with E-state index >= 15 is 0 Å². The number of carboxylic acid groups (broad SMARTS) is 1. The molecule has 2 rings (SSSR count). The van der Waals surface area contributed by atoms with E-state index in [1.165, 1.54) is 6.08 Å². The van der Waals surface area contributed by atoms with E-state index in [1.807, 2.05) is 24.3 Å². The number of carboxylic acids is 1. The Morgan fingerprint density at radius 1 is 1.33 bits per heavy atom. The molecule has 1 amide bonds. The summed E-state index contributed by atoms with van der Waals surface area (Å²) in [6, 6.07) is 7.36. The van der Waals surface area contributed by atoms with Crippen molar-refractivity contribution in [1.29, 1.82) is 0 Å². The highest BCUT2D eigenvalue weighted by Gasteiger charge is 2.19. The molecule has 94 valence electrons. The summed E-state index contributed by atoms with van der Waals surface area (Å²) in [6.07, 6.45) is 5.18. The molecule has 1 heterocycles. The molecule has 1 N–H and O–H groups in total. The third-order valence-corrected chi connectivity index (χ3v) is 2.92. The van der Waals surface area contributed by atoms with Gasteiger partial charge in [0.1, 0.15) is 0 Å². The summed E-state index contributed by atoms with van der Waals surface area (Å²) in [5.41, 5.74) is 1.63. The maximum Gasteiger partial charge on any atom is 0.328 e. The molecule has 0 unspecified atom stereocenters. The van der Waals surface area contributed by atoms with Crippen molar-refractivity contribution in [2.45, 2.75) is 19.3 Å². The third-order valence-electron chi connectivity index (χ3n) is 2.92. The van der Waals surface area contributed by atoms with Crippen LogP contribution >= 0.6 is 0 Å². The average Bonchev–Trinajstić information content (AvgIpc) is 2.37.